The zero-order valence-electron chi connectivity index (χ0n) is 11.9. The van der Waals surface area contributed by atoms with Gasteiger partial charge in [-0.1, -0.05) is 12.1 Å². The van der Waals surface area contributed by atoms with E-state index < -0.39 is 0 Å². The fourth-order valence-electron chi connectivity index (χ4n) is 1.73. The van der Waals surface area contributed by atoms with Crippen LogP contribution in [0.15, 0.2) is 39.8 Å². The molecule has 2 rings (SSSR count). The largest absolute Gasteiger partial charge is 0.486 e. The second-order valence-corrected chi connectivity index (χ2v) is 5.31. The minimum Gasteiger partial charge on any atom is -0.486 e. The number of rotatable bonds is 8. The van der Waals surface area contributed by atoms with Crippen molar-refractivity contribution in [3.63, 3.8) is 0 Å². The van der Waals surface area contributed by atoms with Crippen molar-refractivity contribution in [3.8, 4) is 5.75 Å². The van der Waals surface area contributed by atoms with E-state index in [4.69, 9.17) is 9.26 Å². The van der Waals surface area contributed by atoms with Crippen molar-refractivity contribution in [2.45, 2.75) is 31.4 Å². The van der Waals surface area contributed by atoms with Gasteiger partial charge in [0.2, 0.25) is 0 Å². The molecule has 0 aliphatic rings. The molecule has 0 saturated heterocycles. The van der Waals surface area contributed by atoms with E-state index in [1.54, 1.807) is 11.8 Å². The number of ether oxygens (including phenoxy) is 1. The highest BCUT2D eigenvalue weighted by Crippen LogP contribution is 2.19. The maximum absolute atomic E-state index is 5.67. The number of hydrogen-bond donors (Lipinski definition) is 1. The number of hydrogen-bond acceptors (Lipinski definition) is 5. The first-order chi connectivity index (χ1) is 9.81. The molecule has 0 atom stereocenters. The van der Waals surface area contributed by atoms with Gasteiger partial charge in [-0.25, -0.2) is 0 Å². The van der Waals surface area contributed by atoms with Gasteiger partial charge in [-0.2, -0.15) is 0 Å². The molecule has 0 aliphatic carbocycles. The van der Waals surface area contributed by atoms with Crippen LogP contribution in [0.25, 0.3) is 0 Å². The Balaban J connectivity index is 1.81. The fraction of sp³-hybridized carbons (Fsp3) is 0.400. The molecular formula is C15H20N2O2S. The molecular weight excluding hydrogens is 272 g/mol. The Bertz CT molecular complexity index is 511. The minimum atomic E-state index is 0.402. The van der Waals surface area contributed by atoms with Crippen LogP contribution in [0.3, 0.4) is 0 Å². The summed E-state index contributed by atoms with van der Waals surface area (Å²) in [6, 6.07) is 9.94. The third-order valence-corrected chi connectivity index (χ3v) is 3.52. The lowest BCUT2D eigenvalue weighted by atomic mass is 10.3. The zero-order chi connectivity index (χ0) is 14.2. The first-order valence-electron chi connectivity index (χ1n) is 6.74. The molecule has 0 fully saturated rings. The predicted molar refractivity (Wildman–Crippen MR) is 81.1 cm³/mol. The van der Waals surface area contributed by atoms with Gasteiger partial charge in [0.25, 0.3) is 0 Å². The van der Waals surface area contributed by atoms with Crippen LogP contribution in [0.5, 0.6) is 5.75 Å². The number of nitrogens with zero attached hydrogens (tertiary/aromatic N) is 1. The molecule has 0 aliphatic heterocycles. The SMILES string of the molecule is CCCNCc1cc(COc2ccc(SC)cc2)on1. The minimum absolute atomic E-state index is 0.402. The summed E-state index contributed by atoms with van der Waals surface area (Å²) in [6.07, 6.45) is 3.17. The Hall–Kier alpha value is -1.46. The van der Waals surface area contributed by atoms with E-state index in [1.165, 1.54) is 4.90 Å². The lowest BCUT2D eigenvalue weighted by Gasteiger charge is -2.03. The van der Waals surface area contributed by atoms with Gasteiger partial charge in [0.05, 0.1) is 5.69 Å². The Kier molecular flexibility index (Phi) is 5.95. The van der Waals surface area contributed by atoms with Crippen molar-refractivity contribution in [2.24, 2.45) is 0 Å². The first-order valence-corrected chi connectivity index (χ1v) is 7.96. The predicted octanol–water partition coefficient (Wildman–Crippen LogP) is 3.48. The summed E-state index contributed by atoms with van der Waals surface area (Å²) in [4.78, 5) is 1.22. The number of aromatic nitrogens is 1. The van der Waals surface area contributed by atoms with Gasteiger partial charge < -0.3 is 14.6 Å². The van der Waals surface area contributed by atoms with Crippen molar-refractivity contribution in [2.75, 3.05) is 12.8 Å². The van der Waals surface area contributed by atoms with Gasteiger partial charge in [-0.3, -0.25) is 0 Å². The molecule has 4 nitrogen and oxygen atoms in total. The van der Waals surface area contributed by atoms with Crippen LogP contribution in [0, 0.1) is 0 Å². The van der Waals surface area contributed by atoms with E-state index in [-0.39, 0.29) is 0 Å². The number of thioether (sulfide) groups is 1. The lowest BCUT2D eigenvalue weighted by molar-refractivity contribution is 0.248. The molecule has 1 heterocycles. The van der Waals surface area contributed by atoms with Crippen LogP contribution < -0.4 is 10.1 Å². The topological polar surface area (TPSA) is 47.3 Å². The van der Waals surface area contributed by atoms with Crippen molar-refractivity contribution in [1.82, 2.24) is 10.5 Å². The van der Waals surface area contributed by atoms with Crippen LogP contribution in [0.1, 0.15) is 24.8 Å². The molecule has 0 spiro atoms. The summed E-state index contributed by atoms with van der Waals surface area (Å²) in [5.74, 6) is 1.58. The Morgan fingerprint density at radius 1 is 1.30 bits per heavy atom. The highest BCUT2D eigenvalue weighted by atomic mass is 32.2. The van der Waals surface area contributed by atoms with Crippen molar-refractivity contribution < 1.29 is 9.26 Å². The number of benzene rings is 1. The highest BCUT2D eigenvalue weighted by molar-refractivity contribution is 7.98. The van der Waals surface area contributed by atoms with Gasteiger partial charge in [-0.05, 0) is 43.5 Å². The smallest absolute Gasteiger partial charge is 0.174 e. The van der Waals surface area contributed by atoms with E-state index in [0.29, 0.717) is 6.61 Å². The molecule has 0 amide bonds. The van der Waals surface area contributed by atoms with Crippen molar-refractivity contribution in [1.29, 1.82) is 0 Å². The van der Waals surface area contributed by atoms with E-state index in [0.717, 1.165) is 36.7 Å². The monoisotopic (exact) mass is 292 g/mol. The Morgan fingerprint density at radius 2 is 2.10 bits per heavy atom. The van der Waals surface area contributed by atoms with E-state index >= 15 is 0 Å². The standard InChI is InChI=1S/C15H20N2O2S/c1-3-8-16-10-12-9-14(19-17-12)11-18-13-4-6-15(20-2)7-5-13/h4-7,9,16H,3,8,10-11H2,1-2H3. The molecule has 0 radical (unpaired) electrons. The second-order valence-electron chi connectivity index (χ2n) is 4.43. The molecule has 20 heavy (non-hydrogen) atoms. The van der Waals surface area contributed by atoms with Gasteiger partial charge >= 0.3 is 0 Å². The Labute approximate surface area is 123 Å². The maximum Gasteiger partial charge on any atom is 0.174 e. The average Bonchev–Trinajstić information content (AvgIpc) is 2.94. The second kappa shape index (κ2) is 7.97. The average molecular weight is 292 g/mol. The number of nitrogens with one attached hydrogen (secondary N) is 1. The summed E-state index contributed by atoms with van der Waals surface area (Å²) < 4.78 is 10.9. The van der Waals surface area contributed by atoms with E-state index in [9.17, 15) is 0 Å². The van der Waals surface area contributed by atoms with Crippen LogP contribution >= 0.6 is 11.8 Å². The summed E-state index contributed by atoms with van der Waals surface area (Å²) in [7, 11) is 0. The molecule has 1 aromatic carbocycles. The summed E-state index contributed by atoms with van der Waals surface area (Å²) in [5, 5.41) is 7.29. The van der Waals surface area contributed by atoms with Crippen LogP contribution in [0.4, 0.5) is 0 Å². The molecule has 1 N–H and O–H groups in total. The Morgan fingerprint density at radius 3 is 2.80 bits per heavy atom. The van der Waals surface area contributed by atoms with Gasteiger partial charge in [0, 0.05) is 17.5 Å². The van der Waals surface area contributed by atoms with Crippen LogP contribution in [-0.4, -0.2) is 18.0 Å². The summed E-state index contributed by atoms with van der Waals surface area (Å²) in [6.45, 7) is 4.26. The molecule has 108 valence electrons. The maximum atomic E-state index is 5.67. The molecule has 0 unspecified atom stereocenters. The molecule has 0 saturated carbocycles. The molecule has 1 aromatic heterocycles. The van der Waals surface area contributed by atoms with Crippen LogP contribution in [0.2, 0.25) is 0 Å². The quantitative estimate of drug-likeness (QED) is 0.596. The summed E-state index contributed by atoms with van der Waals surface area (Å²) in [5.41, 5.74) is 0.912. The molecule has 5 heteroatoms. The normalized spacial score (nSPS) is 10.7. The van der Waals surface area contributed by atoms with E-state index in [2.05, 4.69) is 23.7 Å². The third kappa shape index (κ3) is 4.58. The zero-order valence-corrected chi connectivity index (χ0v) is 12.7. The molecule has 2 aromatic rings. The van der Waals surface area contributed by atoms with Crippen molar-refractivity contribution in [3.05, 3.63) is 41.8 Å². The highest BCUT2D eigenvalue weighted by Gasteiger charge is 2.04. The molecule has 0 bridgehead atoms. The lowest BCUT2D eigenvalue weighted by Crippen LogP contribution is -2.13. The fourth-order valence-corrected chi connectivity index (χ4v) is 2.14. The summed E-state index contributed by atoms with van der Waals surface area (Å²) >= 11 is 1.71. The van der Waals surface area contributed by atoms with Gasteiger partial charge in [-0.15, -0.1) is 11.8 Å². The van der Waals surface area contributed by atoms with Gasteiger partial charge in [0.1, 0.15) is 12.4 Å². The van der Waals surface area contributed by atoms with Crippen LogP contribution in [-0.2, 0) is 13.2 Å². The third-order valence-electron chi connectivity index (χ3n) is 2.78. The first kappa shape index (κ1) is 14.9. The van der Waals surface area contributed by atoms with Crippen molar-refractivity contribution >= 4 is 11.8 Å². The van der Waals surface area contributed by atoms with Gasteiger partial charge in [0.15, 0.2) is 5.76 Å². The van der Waals surface area contributed by atoms with E-state index in [1.807, 2.05) is 30.3 Å².